The van der Waals surface area contributed by atoms with Gasteiger partial charge >= 0.3 is 0 Å². The summed E-state index contributed by atoms with van der Waals surface area (Å²) in [5.74, 6) is 0. The van der Waals surface area contributed by atoms with Gasteiger partial charge in [-0.05, 0) is 12.0 Å². The maximum atomic E-state index is 8.66. The van der Waals surface area contributed by atoms with Crippen molar-refractivity contribution in [2.75, 3.05) is 13.2 Å². The lowest BCUT2D eigenvalue weighted by molar-refractivity contribution is 0.326. The SMILES string of the molecule is CCC/C(=C/CN)CO. The second-order valence-electron chi connectivity index (χ2n) is 2.01. The third-order valence-corrected chi connectivity index (χ3v) is 1.18. The number of hydrogen-bond acceptors (Lipinski definition) is 2. The van der Waals surface area contributed by atoms with Crippen molar-refractivity contribution in [3.8, 4) is 0 Å². The van der Waals surface area contributed by atoms with Gasteiger partial charge in [0, 0.05) is 6.54 Å². The van der Waals surface area contributed by atoms with E-state index in [1.165, 1.54) is 0 Å². The molecule has 0 aliphatic carbocycles. The smallest absolute Gasteiger partial charge is 0.0642 e. The molecule has 0 aromatic rings. The molecule has 0 unspecified atom stereocenters. The summed E-state index contributed by atoms with van der Waals surface area (Å²) >= 11 is 0. The number of rotatable bonds is 4. The fraction of sp³-hybridized carbons (Fsp3) is 0.714. The predicted molar refractivity (Wildman–Crippen MR) is 39.1 cm³/mol. The van der Waals surface area contributed by atoms with Gasteiger partial charge in [-0.25, -0.2) is 0 Å². The highest BCUT2D eigenvalue weighted by Gasteiger charge is 1.89. The Hall–Kier alpha value is -0.340. The van der Waals surface area contributed by atoms with Gasteiger partial charge in [-0.15, -0.1) is 0 Å². The molecule has 0 aromatic heterocycles. The molecule has 0 saturated carbocycles. The molecule has 9 heavy (non-hydrogen) atoms. The van der Waals surface area contributed by atoms with Crippen molar-refractivity contribution in [2.45, 2.75) is 19.8 Å². The average Bonchev–Trinajstić information content (AvgIpc) is 1.88. The van der Waals surface area contributed by atoms with Crippen LogP contribution in [-0.4, -0.2) is 18.3 Å². The van der Waals surface area contributed by atoms with Crippen molar-refractivity contribution < 1.29 is 5.11 Å². The van der Waals surface area contributed by atoms with Crippen molar-refractivity contribution in [2.24, 2.45) is 5.73 Å². The summed E-state index contributed by atoms with van der Waals surface area (Å²) < 4.78 is 0. The minimum Gasteiger partial charge on any atom is -0.392 e. The third-order valence-electron chi connectivity index (χ3n) is 1.18. The molecule has 0 heterocycles. The number of aliphatic hydroxyl groups excluding tert-OH is 1. The molecule has 0 radical (unpaired) electrons. The molecular formula is C7H15NO. The number of hydrogen-bond donors (Lipinski definition) is 2. The van der Waals surface area contributed by atoms with Gasteiger partial charge in [0.05, 0.1) is 6.61 Å². The molecule has 2 heteroatoms. The van der Waals surface area contributed by atoms with Crippen LogP contribution in [0.15, 0.2) is 11.6 Å². The van der Waals surface area contributed by atoms with Crippen LogP contribution in [0.2, 0.25) is 0 Å². The average molecular weight is 129 g/mol. The quantitative estimate of drug-likeness (QED) is 0.548. The number of nitrogens with two attached hydrogens (primary N) is 1. The molecule has 0 aliphatic heterocycles. The minimum absolute atomic E-state index is 0.158. The second kappa shape index (κ2) is 5.79. The van der Waals surface area contributed by atoms with Gasteiger partial charge in [-0.1, -0.05) is 19.4 Å². The largest absolute Gasteiger partial charge is 0.392 e. The molecule has 2 nitrogen and oxygen atoms in total. The summed E-state index contributed by atoms with van der Waals surface area (Å²) in [5.41, 5.74) is 6.30. The van der Waals surface area contributed by atoms with Gasteiger partial charge in [-0.3, -0.25) is 0 Å². The molecule has 0 bridgehead atoms. The van der Waals surface area contributed by atoms with Crippen LogP contribution in [0.5, 0.6) is 0 Å². The highest BCUT2D eigenvalue weighted by atomic mass is 16.3. The van der Waals surface area contributed by atoms with E-state index in [2.05, 4.69) is 6.92 Å². The Morgan fingerprint density at radius 1 is 1.67 bits per heavy atom. The lowest BCUT2D eigenvalue weighted by Crippen LogP contribution is -1.98. The van der Waals surface area contributed by atoms with Gasteiger partial charge in [0.2, 0.25) is 0 Å². The van der Waals surface area contributed by atoms with Crippen LogP contribution in [0, 0.1) is 0 Å². The highest BCUT2D eigenvalue weighted by Crippen LogP contribution is 2.01. The Balaban J connectivity index is 3.53. The van der Waals surface area contributed by atoms with Crippen LogP contribution in [0.3, 0.4) is 0 Å². The summed E-state index contributed by atoms with van der Waals surface area (Å²) in [7, 11) is 0. The first-order chi connectivity index (χ1) is 4.35. The monoisotopic (exact) mass is 129 g/mol. The molecule has 0 atom stereocenters. The summed E-state index contributed by atoms with van der Waals surface area (Å²) in [4.78, 5) is 0. The van der Waals surface area contributed by atoms with Crippen LogP contribution >= 0.6 is 0 Å². The van der Waals surface area contributed by atoms with E-state index in [1.807, 2.05) is 6.08 Å². The van der Waals surface area contributed by atoms with E-state index in [-0.39, 0.29) is 6.61 Å². The van der Waals surface area contributed by atoms with E-state index < -0.39 is 0 Å². The lowest BCUT2D eigenvalue weighted by Gasteiger charge is -1.98. The molecule has 0 aromatic carbocycles. The molecule has 54 valence electrons. The van der Waals surface area contributed by atoms with Gasteiger partial charge in [0.25, 0.3) is 0 Å². The first kappa shape index (κ1) is 8.66. The molecule has 0 fully saturated rings. The van der Waals surface area contributed by atoms with Gasteiger partial charge in [0.15, 0.2) is 0 Å². The second-order valence-corrected chi connectivity index (χ2v) is 2.01. The molecular weight excluding hydrogens is 114 g/mol. The van der Waals surface area contributed by atoms with Crippen LogP contribution < -0.4 is 5.73 Å². The van der Waals surface area contributed by atoms with Crippen molar-refractivity contribution in [3.63, 3.8) is 0 Å². The van der Waals surface area contributed by atoms with E-state index in [0.29, 0.717) is 6.54 Å². The fourth-order valence-electron chi connectivity index (χ4n) is 0.733. The zero-order valence-corrected chi connectivity index (χ0v) is 5.93. The fourth-order valence-corrected chi connectivity index (χ4v) is 0.733. The molecule has 0 saturated heterocycles. The Morgan fingerprint density at radius 2 is 2.33 bits per heavy atom. The van der Waals surface area contributed by atoms with E-state index in [1.54, 1.807) is 0 Å². The topological polar surface area (TPSA) is 46.2 Å². The minimum atomic E-state index is 0.158. The first-order valence-electron chi connectivity index (χ1n) is 3.34. The van der Waals surface area contributed by atoms with Crippen LogP contribution in [0.4, 0.5) is 0 Å². The van der Waals surface area contributed by atoms with E-state index in [0.717, 1.165) is 18.4 Å². The summed E-state index contributed by atoms with van der Waals surface area (Å²) in [6.45, 7) is 2.78. The summed E-state index contributed by atoms with van der Waals surface area (Å²) in [6.07, 6.45) is 3.92. The van der Waals surface area contributed by atoms with Crippen LogP contribution in [-0.2, 0) is 0 Å². The lowest BCUT2D eigenvalue weighted by atomic mass is 10.1. The highest BCUT2D eigenvalue weighted by molar-refractivity contribution is 5.02. The third kappa shape index (κ3) is 4.18. The van der Waals surface area contributed by atoms with Crippen LogP contribution in [0.1, 0.15) is 19.8 Å². The standard InChI is InChI=1S/C7H15NO/c1-2-3-7(6-9)4-5-8/h4,9H,2-3,5-6,8H2,1H3/b7-4-. The van der Waals surface area contributed by atoms with Gasteiger partial charge in [-0.2, -0.15) is 0 Å². The van der Waals surface area contributed by atoms with Crippen molar-refractivity contribution in [1.82, 2.24) is 0 Å². The van der Waals surface area contributed by atoms with Crippen LogP contribution in [0.25, 0.3) is 0 Å². The van der Waals surface area contributed by atoms with E-state index >= 15 is 0 Å². The Morgan fingerprint density at radius 3 is 2.67 bits per heavy atom. The molecule has 3 N–H and O–H groups in total. The molecule has 0 rings (SSSR count). The summed E-state index contributed by atoms with van der Waals surface area (Å²) in [6, 6.07) is 0. The van der Waals surface area contributed by atoms with Crippen molar-refractivity contribution in [3.05, 3.63) is 11.6 Å². The maximum Gasteiger partial charge on any atom is 0.0642 e. The Kier molecular flexibility index (Phi) is 5.57. The normalized spacial score (nSPS) is 12.1. The molecule has 0 aliphatic rings. The van der Waals surface area contributed by atoms with E-state index in [9.17, 15) is 0 Å². The van der Waals surface area contributed by atoms with Crippen molar-refractivity contribution >= 4 is 0 Å². The van der Waals surface area contributed by atoms with Crippen molar-refractivity contribution in [1.29, 1.82) is 0 Å². The predicted octanol–water partition coefficient (Wildman–Crippen LogP) is 0.664. The zero-order valence-electron chi connectivity index (χ0n) is 5.93. The summed E-state index contributed by atoms with van der Waals surface area (Å²) in [5, 5.41) is 8.66. The molecule has 0 amide bonds. The first-order valence-corrected chi connectivity index (χ1v) is 3.34. The van der Waals surface area contributed by atoms with E-state index in [4.69, 9.17) is 10.8 Å². The number of aliphatic hydroxyl groups is 1. The van der Waals surface area contributed by atoms with Gasteiger partial charge < -0.3 is 10.8 Å². The Labute approximate surface area is 56.4 Å². The molecule has 0 spiro atoms. The maximum absolute atomic E-state index is 8.66. The van der Waals surface area contributed by atoms with Gasteiger partial charge in [0.1, 0.15) is 0 Å². The Bertz CT molecular complexity index is 88.9. The zero-order chi connectivity index (χ0) is 7.11.